The van der Waals surface area contributed by atoms with Gasteiger partial charge in [-0.15, -0.1) is 11.6 Å². The lowest BCUT2D eigenvalue weighted by Crippen LogP contribution is -1.99. The molecule has 126 valence electrons. The smallest absolute Gasteiger partial charge is 0.138 e. The van der Waals surface area contributed by atoms with Gasteiger partial charge in [-0.2, -0.15) is 0 Å². The minimum absolute atomic E-state index is 0.577. The van der Waals surface area contributed by atoms with E-state index in [0.717, 1.165) is 36.0 Å². The Morgan fingerprint density at radius 1 is 0.913 bits per heavy atom. The van der Waals surface area contributed by atoms with Gasteiger partial charge in [0.05, 0.1) is 18.2 Å². The lowest BCUT2D eigenvalue weighted by atomic mass is 10.1. The van der Waals surface area contributed by atoms with Gasteiger partial charge in [-0.05, 0) is 42.5 Å². The lowest BCUT2D eigenvalue weighted by molar-refractivity contribution is 0.305. The molecule has 0 spiro atoms. The van der Waals surface area contributed by atoms with Crippen LogP contribution in [0, 0.1) is 0 Å². The van der Waals surface area contributed by atoms with Gasteiger partial charge in [0, 0.05) is 11.3 Å². The average Bonchev–Trinajstić information content (AvgIpc) is 2.57. The van der Waals surface area contributed by atoms with Gasteiger partial charge in [-0.1, -0.05) is 43.9 Å². The van der Waals surface area contributed by atoms with Gasteiger partial charge in [0.15, 0.2) is 0 Å². The first-order valence-electron chi connectivity index (χ1n) is 8.30. The van der Waals surface area contributed by atoms with Crippen molar-refractivity contribution in [2.24, 2.45) is 0 Å². The molecule has 0 aliphatic heterocycles. The summed E-state index contributed by atoms with van der Waals surface area (Å²) in [5.74, 6) is 2.18. The van der Waals surface area contributed by atoms with E-state index in [0.29, 0.717) is 23.3 Å². The number of halogens is 2. The molecule has 0 radical (unpaired) electrons. The summed E-state index contributed by atoms with van der Waals surface area (Å²) in [6.07, 6.45) is 5.63. The van der Waals surface area contributed by atoms with Crippen LogP contribution < -0.4 is 9.47 Å². The number of hydrogen-bond acceptors (Lipinski definition) is 2. The van der Waals surface area contributed by atoms with E-state index < -0.39 is 0 Å². The molecule has 2 aromatic rings. The van der Waals surface area contributed by atoms with Crippen molar-refractivity contribution < 1.29 is 9.47 Å². The average molecular weight is 355 g/mol. The monoisotopic (exact) mass is 354 g/mol. The lowest BCUT2D eigenvalue weighted by Gasteiger charge is -2.11. The van der Waals surface area contributed by atoms with E-state index in [2.05, 4.69) is 6.92 Å². The Balaban J connectivity index is 2.01. The normalized spacial score (nSPS) is 10.9. The minimum atomic E-state index is 0.577. The molecule has 2 aromatic carbocycles. The fraction of sp³-hybridized carbons (Fsp3) is 0.474. The van der Waals surface area contributed by atoms with Crippen molar-refractivity contribution >= 4 is 34.0 Å². The topological polar surface area (TPSA) is 18.5 Å². The summed E-state index contributed by atoms with van der Waals surface area (Å²) in [4.78, 5) is 0. The summed E-state index contributed by atoms with van der Waals surface area (Å²) in [6, 6.07) is 9.92. The van der Waals surface area contributed by atoms with E-state index >= 15 is 0 Å². The highest BCUT2D eigenvalue weighted by Crippen LogP contribution is 2.34. The number of benzene rings is 2. The van der Waals surface area contributed by atoms with Gasteiger partial charge < -0.3 is 9.47 Å². The fourth-order valence-corrected chi connectivity index (χ4v) is 2.81. The second-order valence-electron chi connectivity index (χ2n) is 5.56. The summed E-state index contributed by atoms with van der Waals surface area (Å²) >= 11 is 12.1. The van der Waals surface area contributed by atoms with Crippen molar-refractivity contribution in [3.63, 3.8) is 0 Å². The highest BCUT2D eigenvalue weighted by atomic mass is 35.5. The van der Waals surface area contributed by atoms with Crippen LogP contribution in [-0.4, -0.2) is 19.1 Å². The van der Waals surface area contributed by atoms with E-state index in [-0.39, 0.29) is 0 Å². The zero-order valence-corrected chi connectivity index (χ0v) is 15.1. The molecule has 0 aromatic heterocycles. The largest absolute Gasteiger partial charge is 0.494 e. The maximum Gasteiger partial charge on any atom is 0.138 e. The molecular formula is C19H24Cl2O2. The summed E-state index contributed by atoms with van der Waals surface area (Å²) in [7, 11) is 0. The van der Waals surface area contributed by atoms with E-state index in [1.54, 1.807) is 0 Å². The Kier molecular flexibility index (Phi) is 7.84. The molecule has 23 heavy (non-hydrogen) atoms. The van der Waals surface area contributed by atoms with Gasteiger partial charge in [-0.3, -0.25) is 0 Å². The Labute approximate surface area is 148 Å². The van der Waals surface area contributed by atoms with Crippen molar-refractivity contribution in [2.75, 3.05) is 19.1 Å². The van der Waals surface area contributed by atoms with Gasteiger partial charge in [0.1, 0.15) is 11.5 Å². The molecule has 0 aliphatic carbocycles. The second-order valence-corrected chi connectivity index (χ2v) is 6.32. The predicted octanol–water partition coefficient (Wildman–Crippen LogP) is 6.46. The Bertz CT molecular complexity index is 614. The second kappa shape index (κ2) is 9.89. The number of hydrogen-bond donors (Lipinski definition) is 0. The standard InChI is InChI=1S/C19H24Cl2O2/c1-2-3-4-5-12-22-16-8-9-17-15(14-16)7-10-18(19(17)21)23-13-6-11-20/h7-10,14H,2-6,11-13H2,1H3. The molecule has 0 aliphatic rings. The number of alkyl halides is 1. The third kappa shape index (κ3) is 5.47. The number of fused-ring (bicyclic) bond motifs is 1. The number of rotatable bonds is 10. The molecule has 0 heterocycles. The maximum atomic E-state index is 6.44. The number of ether oxygens (including phenoxy) is 2. The van der Waals surface area contributed by atoms with E-state index in [1.807, 2.05) is 30.3 Å². The molecule has 0 atom stereocenters. The molecule has 0 saturated heterocycles. The van der Waals surface area contributed by atoms with Crippen molar-refractivity contribution in [3.8, 4) is 11.5 Å². The quantitative estimate of drug-likeness (QED) is 0.360. The summed E-state index contributed by atoms with van der Waals surface area (Å²) in [6.45, 7) is 3.55. The van der Waals surface area contributed by atoms with Gasteiger partial charge >= 0.3 is 0 Å². The molecule has 0 bridgehead atoms. The summed E-state index contributed by atoms with van der Waals surface area (Å²) in [5, 5.41) is 2.69. The van der Waals surface area contributed by atoms with Crippen LogP contribution in [0.25, 0.3) is 10.8 Å². The zero-order chi connectivity index (χ0) is 16.5. The van der Waals surface area contributed by atoms with E-state index in [4.69, 9.17) is 32.7 Å². The van der Waals surface area contributed by atoms with Crippen molar-refractivity contribution in [1.82, 2.24) is 0 Å². The van der Waals surface area contributed by atoms with Gasteiger partial charge in [-0.25, -0.2) is 0 Å². The van der Waals surface area contributed by atoms with Crippen LogP contribution in [0.5, 0.6) is 11.5 Å². The molecule has 0 fully saturated rings. The van der Waals surface area contributed by atoms with E-state index in [1.165, 1.54) is 19.3 Å². The van der Waals surface area contributed by atoms with Crippen LogP contribution in [0.4, 0.5) is 0 Å². The van der Waals surface area contributed by atoms with Crippen LogP contribution in [0.2, 0.25) is 5.02 Å². The molecule has 0 saturated carbocycles. The SMILES string of the molecule is CCCCCCOc1ccc2c(Cl)c(OCCCCl)ccc2c1. The van der Waals surface area contributed by atoms with Gasteiger partial charge in [0.25, 0.3) is 0 Å². The number of unbranched alkanes of at least 4 members (excludes halogenated alkanes) is 3. The first kappa shape index (κ1) is 18.2. The summed E-state index contributed by atoms with van der Waals surface area (Å²) in [5.41, 5.74) is 0. The molecule has 4 heteroatoms. The molecular weight excluding hydrogens is 331 g/mol. The van der Waals surface area contributed by atoms with E-state index in [9.17, 15) is 0 Å². The Hall–Kier alpha value is -1.12. The van der Waals surface area contributed by atoms with Crippen LogP contribution in [-0.2, 0) is 0 Å². The molecule has 0 N–H and O–H groups in total. The van der Waals surface area contributed by atoms with Gasteiger partial charge in [0.2, 0.25) is 0 Å². The highest BCUT2D eigenvalue weighted by molar-refractivity contribution is 6.37. The van der Waals surface area contributed by atoms with Crippen molar-refractivity contribution in [2.45, 2.75) is 39.0 Å². The zero-order valence-electron chi connectivity index (χ0n) is 13.6. The third-order valence-electron chi connectivity index (χ3n) is 3.69. The summed E-state index contributed by atoms with van der Waals surface area (Å²) < 4.78 is 11.5. The first-order chi connectivity index (χ1) is 11.3. The maximum absolute atomic E-state index is 6.44. The fourth-order valence-electron chi connectivity index (χ4n) is 2.41. The Morgan fingerprint density at radius 3 is 2.52 bits per heavy atom. The molecule has 0 unspecified atom stereocenters. The first-order valence-corrected chi connectivity index (χ1v) is 9.21. The Morgan fingerprint density at radius 2 is 1.74 bits per heavy atom. The third-order valence-corrected chi connectivity index (χ3v) is 4.35. The van der Waals surface area contributed by atoms with Crippen LogP contribution in [0.15, 0.2) is 30.3 Å². The predicted molar refractivity (Wildman–Crippen MR) is 99.4 cm³/mol. The van der Waals surface area contributed by atoms with Crippen LogP contribution >= 0.6 is 23.2 Å². The molecule has 2 nitrogen and oxygen atoms in total. The molecule has 0 amide bonds. The minimum Gasteiger partial charge on any atom is -0.494 e. The molecule has 2 rings (SSSR count). The van der Waals surface area contributed by atoms with Crippen molar-refractivity contribution in [1.29, 1.82) is 0 Å². The van der Waals surface area contributed by atoms with Crippen LogP contribution in [0.1, 0.15) is 39.0 Å². The highest BCUT2D eigenvalue weighted by Gasteiger charge is 2.08. The van der Waals surface area contributed by atoms with Crippen LogP contribution in [0.3, 0.4) is 0 Å². The van der Waals surface area contributed by atoms with Crippen molar-refractivity contribution in [3.05, 3.63) is 35.4 Å².